The van der Waals surface area contributed by atoms with Crippen molar-refractivity contribution in [2.24, 2.45) is 10.8 Å². The summed E-state index contributed by atoms with van der Waals surface area (Å²) in [4.78, 5) is 19.1. The molecule has 164 valence electrons. The number of aromatic hydroxyl groups is 2. The Morgan fingerprint density at radius 1 is 0.800 bits per heavy atom. The van der Waals surface area contributed by atoms with E-state index >= 15 is 0 Å². The summed E-state index contributed by atoms with van der Waals surface area (Å²) in [5, 5.41) is 19.5. The summed E-state index contributed by atoms with van der Waals surface area (Å²) >= 11 is 0. The molecule has 0 radical (unpaired) electrons. The predicted octanol–water partition coefficient (Wildman–Crippen LogP) is 6.33. The Balaban J connectivity index is 0.000000300. The molecule has 0 saturated heterocycles. The second kappa shape index (κ2) is 9.88. The van der Waals surface area contributed by atoms with Crippen LogP contribution >= 0.6 is 0 Å². The van der Waals surface area contributed by atoms with Crippen molar-refractivity contribution < 1.29 is 15.0 Å². The number of carbonyl (C=O) groups excluding carboxylic acids is 1. The molecule has 0 aliphatic heterocycles. The molecule has 5 heteroatoms. The Hall–Kier alpha value is -2.69. The fraction of sp³-hybridized carbons (Fsp3) is 0.480. The molecule has 0 amide bonds. The molecule has 0 spiro atoms. The van der Waals surface area contributed by atoms with Gasteiger partial charge in [-0.3, -0.25) is 4.79 Å². The molecule has 0 aliphatic rings. The third-order valence-electron chi connectivity index (χ3n) is 5.60. The Bertz CT molecular complexity index is 803. The minimum absolute atomic E-state index is 0.00594. The van der Waals surface area contributed by atoms with Crippen LogP contribution < -0.4 is 0 Å². The van der Waals surface area contributed by atoms with Gasteiger partial charge in [0.1, 0.15) is 17.2 Å². The first-order valence-corrected chi connectivity index (χ1v) is 10.2. The number of nitrogens with zero attached hydrogens (tertiary/aromatic N) is 2. The second-order valence-electron chi connectivity index (χ2n) is 9.78. The Morgan fingerprint density at radius 3 is 1.50 bits per heavy atom. The van der Waals surface area contributed by atoms with Gasteiger partial charge in [-0.25, -0.2) is 9.97 Å². The lowest BCUT2D eigenvalue weighted by atomic mass is 9.79. The first-order valence-electron chi connectivity index (χ1n) is 10.2. The molecule has 2 atom stereocenters. The van der Waals surface area contributed by atoms with E-state index in [0.29, 0.717) is 17.7 Å². The Labute approximate surface area is 180 Å². The zero-order valence-electron chi connectivity index (χ0n) is 19.5. The van der Waals surface area contributed by atoms with Crippen molar-refractivity contribution in [3.05, 3.63) is 53.6 Å². The van der Waals surface area contributed by atoms with Crippen molar-refractivity contribution in [2.75, 3.05) is 0 Å². The van der Waals surface area contributed by atoms with Crippen LogP contribution in [0.5, 0.6) is 11.5 Å². The van der Waals surface area contributed by atoms with Crippen molar-refractivity contribution in [2.45, 2.75) is 67.2 Å². The highest BCUT2D eigenvalue weighted by Crippen LogP contribution is 2.38. The molecule has 0 bridgehead atoms. The molecule has 0 aromatic carbocycles. The van der Waals surface area contributed by atoms with Crippen LogP contribution in [-0.4, -0.2) is 26.5 Å². The minimum atomic E-state index is 0.00594. The van der Waals surface area contributed by atoms with Crippen molar-refractivity contribution in [3.8, 4) is 11.5 Å². The predicted molar refractivity (Wildman–Crippen MR) is 123 cm³/mol. The smallest absolute Gasteiger partial charge is 0.168 e. The monoisotopic (exact) mass is 412 g/mol. The highest BCUT2D eigenvalue weighted by atomic mass is 16.3. The molecule has 2 heterocycles. The largest absolute Gasteiger partial charge is 0.506 e. The van der Waals surface area contributed by atoms with E-state index < -0.39 is 0 Å². The van der Waals surface area contributed by atoms with Crippen LogP contribution in [0.25, 0.3) is 6.08 Å². The van der Waals surface area contributed by atoms with Gasteiger partial charge in [0.25, 0.3) is 0 Å². The summed E-state index contributed by atoms with van der Waals surface area (Å²) in [7, 11) is 0. The normalized spacial score (nSPS) is 13.6. The van der Waals surface area contributed by atoms with Gasteiger partial charge in [-0.15, -0.1) is 0 Å². The highest BCUT2D eigenvalue weighted by molar-refractivity contribution is 5.72. The van der Waals surface area contributed by atoms with E-state index in [2.05, 4.69) is 65.0 Å². The lowest BCUT2D eigenvalue weighted by molar-refractivity contribution is 0.111. The van der Waals surface area contributed by atoms with E-state index in [0.717, 1.165) is 11.4 Å². The van der Waals surface area contributed by atoms with Gasteiger partial charge in [0.15, 0.2) is 6.29 Å². The van der Waals surface area contributed by atoms with Crippen LogP contribution in [0, 0.1) is 10.8 Å². The number of rotatable bonds is 4. The molecule has 5 nitrogen and oxygen atoms in total. The maximum absolute atomic E-state index is 10.6. The molecule has 2 rings (SSSR count). The molecule has 2 unspecified atom stereocenters. The Morgan fingerprint density at radius 2 is 1.17 bits per heavy atom. The summed E-state index contributed by atoms with van der Waals surface area (Å²) in [6.07, 6.45) is 2.39. The average molecular weight is 413 g/mol. The third kappa shape index (κ3) is 6.68. The molecule has 0 aliphatic carbocycles. The Kier molecular flexibility index (Phi) is 8.34. The van der Waals surface area contributed by atoms with E-state index in [1.54, 1.807) is 18.2 Å². The van der Waals surface area contributed by atoms with Gasteiger partial charge < -0.3 is 10.2 Å². The van der Waals surface area contributed by atoms with E-state index in [1.165, 1.54) is 12.1 Å². The first-order chi connectivity index (χ1) is 13.7. The molecular formula is C25H36N2O3. The van der Waals surface area contributed by atoms with E-state index in [9.17, 15) is 15.0 Å². The topological polar surface area (TPSA) is 83.3 Å². The van der Waals surface area contributed by atoms with Gasteiger partial charge >= 0.3 is 0 Å². The van der Waals surface area contributed by atoms with Crippen LogP contribution in [0.4, 0.5) is 0 Å². The third-order valence-corrected chi connectivity index (χ3v) is 5.60. The SMILES string of the molecule is C=Cc1ccc(O)c(C(C)C(C)(C)C)n1.CC(c1nc(C=O)ccc1O)C(C)(C)C. The molecule has 2 aromatic rings. The van der Waals surface area contributed by atoms with Gasteiger partial charge in [0, 0.05) is 11.8 Å². The molecule has 2 N–H and O–H groups in total. The van der Waals surface area contributed by atoms with Crippen LogP contribution in [0.3, 0.4) is 0 Å². The molecule has 2 aromatic heterocycles. The van der Waals surface area contributed by atoms with Gasteiger partial charge in [0.05, 0.1) is 17.1 Å². The molecule has 0 fully saturated rings. The first kappa shape index (κ1) is 25.3. The van der Waals surface area contributed by atoms with Gasteiger partial charge in [-0.2, -0.15) is 0 Å². The molecular weight excluding hydrogens is 376 g/mol. The fourth-order valence-electron chi connectivity index (χ4n) is 2.60. The summed E-state index contributed by atoms with van der Waals surface area (Å²) in [6.45, 7) is 20.4. The van der Waals surface area contributed by atoms with E-state index in [-0.39, 0.29) is 34.2 Å². The van der Waals surface area contributed by atoms with Gasteiger partial charge in [-0.1, -0.05) is 62.0 Å². The maximum Gasteiger partial charge on any atom is 0.168 e. The number of pyridine rings is 2. The fourth-order valence-corrected chi connectivity index (χ4v) is 2.60. The standard InChI is InChI=1S/C13H19NO.C12H17NO2/c1-6-10-7-8-11(15)12(14-10)9(2)13(3,4)5;1-8(12(2,3)4)11-10(15)6-5-9(7-14)13-11/h6-9,15H,1H2,2-5H3;5-8,15H,1-4H3. The van der Waals surface area contributed by atoms with Crippen LogP contribution in [-0.2, 0) is 0 Å². The molecule has 30 heavy (non-hydrogen) atoms. The number of hydrogen-bond donors (Lipinski definition) is 2. The number of aldehydes is 1. The quantitative estimate of drug-likeness (QED) is 0.573. The minimum Gasteiger partial charge on any atom is -0.506 e. The summed E-state index contributed by atoms with van der Waals surface area (Å²) < 4.78 is 0. The summed E-state index contributed by atoms with van der Waals surface area (Å²) in [6, 6.07) is 6.48. The van der Waals surface area contributed by atoms with Crippen LogP contribution in [0.1, 0.15) is 94.8 Å². The lowest BCUT2D eigenvalue weighted by Crippen LogP contribution is -2.17. The van der Waals surface area contributed by atoms with E-state index in [1.807, 2.05) is 6.92 Å². The van der Waals surface area contributed by atoms with Crippen molar-refractivity contribution in [1.29, 1.82) is 0 Å². The van der Waals surface area contributed by atoms with E-state index in [4.69, 9.17) is 0 Å². The van der Waals surface area contributed by atoms with Crippen molar-refractivity contribution >= 4 is 12.4 Å². The number of aromatic nitrogens is 2. The van der Waals surface area contributed by atoms with Crippen molar-refractivity contribution in [1.82, 2.24) is 9.97 Å². The van der Waals surface area contributed by atoms with Crippen molar-refractivity contribution in [3.63, 3.8) is 0 Å². The lowest BCUT2D eigenvalue weighted by Gasteiger charge is -2.27. The zero-order chi connectivity index (χ0) is 23.3. The highest BCUT2D eigenvalue weighted by Gasteiger charge is 2.26. The zero-order valence-corrected chi connectivity index (χ0v) is 19.5. The number of hydrogen-bond acceptors (Lipinski definition) is 5. The van der Waals surface area contributed by atoms with Crippen LogP contribution in [0.15, 0.2) is 30.8 Å². The second-order valence-corrected chi connectivity index (χ2v) is 9.78. The maximum atomic E-state index is 10.6. The van der Waals surface area contributed by atoms with Gasteiger partial charge in [-0.05, 0) is 41.2 Å². The summed E-state index contributed by atoms with van der Waals surface area (Å²) in [5.41, 5.74) is 2.60. The van der Waals surface area contributed by atoms with Crippen LogP contribution in [0.2, 0.25) is 0 Å². The summed E-state index contributed by atoms with van der Waals surface area (Å²) in [5.74, 6) is 0.723. The van der Waals surface area contributed by atoms with Gasteiger partial charge in [0.2, 0.25) is 0 Å². The molecule has 0 saturated carbocycles. The number of carbonyl (C=O) groups is 1. The average Bonchev–Trinajstić information content (AvgIpc) is 2.67.